The van der Waals surface area contributed by atoms with E-state index in [0.717, 1.165) is 0 Å². The Morgan fingerprint density at radius 1 is 1.45 bits per heavy atom. The van der Waals surface area contributed by atoms with E-state index < -0.39 is 24.5 Å². The Hall–Kier alpha value is -2.61. The van der Waals surface area contributed by atoms with E-state index in [1.165, 1.54) is 18.2 Å². The van der Waals surface area contributed by atoms with Gasteiger partial charge < -0.3 is 25.6 Å². The van der Waals surface area contributed by atoms with E-state index in [2.05, 4.69) is 10.6 Å². The number of amides is 2. The second-order valence-corrected chi connectivity index (χ2v) is 4.11. The molecule has 1 aromatic carbocycles. The highest BCUT2D eigenvalue weighted by atomic mass is 16.5. The molecule has 106 valence electrons. The van der Waals surface area contributed by atoms with Crippen LogP contribution in [0.3, 0.4) is 0 Å². The number of anilines is 1. The molecule has 0 bridgehead atoms. The van der Waals surface area contributed by atoms with Gasteiger partial charge in [-0.15, -0.1) is 0 Å². The van der Waals surface area contributed by atoms with Gasteiger partial charge in [-0.05, 0) is 18.2 Å². The number of carbonyl (C=O) groups excluding carboxylic acids is 2. The van der Waals surface area contributed by atoms with Crippen molar-refractivity contribution in [2.75, 3.05) is 18.5 Å². The van der Waals surface area contributed by atoms with E-state index in [0.29, 0.717) is 11.4 Å². The molecule has 8 heteroatoms. The molecule has 0 radical (unpaired) electrons. The average Bonchev–Trinajstić information content (AvgIpc) is 2.43. The Bertz CT molecular complexity index is 571. The lowest BCUT2D eigenvalue weighted by Gasteiger charge is -2.18. The fourth-order valence-corrected chi connectivity index (χ4v) is 1.59. The number of hydrogen-bond acceptors (Lipinski definition) is 5. The lowest BCUT2D eigenvalue weighted by atomic mass is 10.1. The predicted molar refractivity (Wildman–Crippen MR) is 66.5 cm³/mol. The molecule has 20 heavy (non-hydrogen) atoms. The highest BCUT2D eigenvalue weighted by Crippen LogP contribution is 2.28. The van der Waals surface area contributed by atoms with Crippen molar-refractivity contribution < 1.29 is 29.3 Å². The quantitative estimate of drug-likeness (QED) is 0.572. The van der Waals surface area contributed by atoms with Crippen LogP contribution < -0.4 is 15.4 Å². The summed E-state index contributed by atoms with van der Waals surface area (Å²) >= 11 is 0. The van der Waals surface area contributed by atoms with Crippen molar-refractivity contribution in [2.24, 2.45) is 0 Å². The van der Waals surface area contributed by atoms with Gasteiger partial charge in [0.25, 0.3) is 11.8 Å². The second-order valence-electron chi connectivity index (χ2n) is 4.11. The molecule has 2 amide bonds. The van der Waals surface area contributed by atoms with Crippen LogP contribution in [0, 0.1) is 0 Å². The summed E-state index contributed by atoms with van der Waals surface area (Å²) in [7, 11) is 0. The van der Waals surface area contributed by atoms with Crippen LogP contribution in [0.1, 0.15) is 10.4 Å². The summed E-state index contributed by atoms with van der Waals surface area (Å²) in [4.78, 5) is 33.3. The first-order chi connectivity index (χ1) is 9.47. The standard InChI is InChI=1S/C12H12N2O6/c15-8(12(18)19)4-13-11(17)6-1-2-7-9(3-6)20-5-10(16)14-7/h1-3,8,15H,4-5H2,(H,13,17)(H,14,16)(H,18,19)/t8-/m0/s1. The van der Waals surface area contributed by atoms with Crippen molar-refractivity contribution >= 4 is 23.5 Å². The van der Waals surface area contributed by atoms with Gasteiger partial charge in [0.1, 0.15) is 5.75 Å². The number of rotatable bonds is 4. The molecule has 4 N–H and O–H groups in total. The van der Waals surface area contributed by atoms with Gasteiger partial charge >= 0.3 is 5.97 Å². The minimum atomic E-state index is -1.66. The minimum Gasteiger partial charge on any atom is -0.482 e. The van der Waals surface area contributed by atoms with E-state index in [4.69, 9.17) is 14.9 Å². The number of carboxylic acid groups (broad SMARTS) is 1. The van der Waals surface area contributed by atoms with E-state index in [-0.39, 0.29) is 18.1 Å². The van der Waals surface area contributed by atoms with Gasteiger partial charge in [-0.1, -0.05) is 0 Å². The number of benzene rings is 1. The van der Waals surface area contributed by atoms with Gasteiger partial charge in [-0.2, -0.15) is 0 Å². The maximum atomic E-state index is 11.8. The second kappa shape index (κ2) is 5.57. The number of carboxylic acids is 1. The molecule has 0 aromatic heterocycles. The number of aliphatic hydroxyl groups excluding tert-OH is 1. The summed E-state index contributed by atoms with van der Waals surface area (Å²) in [5.74, 6) is -1.88. The number of fused-ring (bicyclic) bond motifs is 1. The molecule has 0 saturated carbocycles. The van der Waals surface area contributed by atoms with Crippen molar-refractivity contribution in [2.45, 2.75) is 6.10 Å². The van der Waals surface area contributed by atoms with Crippen LogP contribution in [-0.2, 0) is 9.59 Å². The SMILES string of the molecule is O=C1COc2cc(C(=O)NC[C@H](O)C(=O)O)ccc2N1. The van der Waals surface area contributed by atoms with Crippen molar-refractivity contribution in [3.8, 4) is 5.75 Å². The van der Waals surface area contributed by atoms with Crippen LogP contribution in [0.5, 0.6) is 5.75 Å². The van der Waals surface area contributed by atoms with Crippen LogP contribution in [0.25, 0.3) is 0 Å². The first-order valence-corrected chi connectivity index (χ1v) is 5.73. The van der Waals surface area contributed by atoms with Crippen molar-refractivity contribution in [3.05, 3.63) is 23.8 Å². The fourth-order valence-electron chi connectivity index (χ4n) is 1.59. The third-order valence-electron chi connectivity index (χ3n) is 2.62. The zero-order valence-corrected chi connectivity index (χ0v) is 10.3. The van der Waals surface area contributed by atoms with Gasteiger partial charge in [-0.25, -0.2) is 4.79 Å². The normalized spacial score (nSPS) is 14.6. The zero-order chi connectivity index (χ0) is 14.7. The van der Waals surface area contributed by atoms with Crippen LogP contribution in [0.15, 0.2) is 18.2 Å². The molecule has 0 saturated heterocycles. The Balaban J connectivity index is 2.04. The molecule has 1 atom stereocenters. The third-order valence-corrected chi connectivity index (χ3v) is 2.62. The van der Waals surface area contributed by atoms with Crippen molar-refractivity contribution in [3.63, 3.8) is 0 Å². The maximum Gasteiger partial charge on any atom is 0.334 e. The first kappa shape index (κ1) is 13.8. The molecular formula is C12H12N2O6. The molecule has 0 aliphatic carbocycles. The summed E-state index contributed by atoms with van der Waals surface area (Å²) < 4.78 is 5.15. The predicted octanol–water partition coefficient (Wildman–Crippen LogP) is -0.807. The van der Waals surface area contributed by atoms with E-state index in [9.17, 15) is 14.4 Å². The monoisotopic (exact) mass is 280 g/mol. The lowest BCUT2D eigenvalue weighted by Crippen LogP contribution is -2.36. The van der Waals surface area contributed by atoms with Gasteiger partial charge in [0.2, 0.25) is 0 Å². The summed E-state index contributed by atoms with van der Waals surface area (Å²) in [5.41, 5.74) is 0.695. The molecule has 1 aromatic rings. The van der Waals surface area contributed by atoms with Crippen LogP contribution in [-0.4, -0.2) is 47.3 Å². The van der Waals surface area contributed by atoms with Crippen LogP contribution in [0.4, 0.5) is 5.69 Å². The van der Waals surface area contributed by atoms with E-state index in [1.807, 2.05) is 0 Å². The molecule has 8 nitrogen and oxygen atoms in total. The Morgan fingerprint density at radius 2 is 2.20 bits per heavy atom. The molecule has 1 heterocycles. The highest BCUT2D eigenvalue weighted by Gasteiger charge is 2.19. The number of carbonyl (C=O) groups is 3. The third kappa shape index (κ3) is 3.04. The molecule has 0 unspecified atom stereocenters. The molecular weight excluding hydrogens is 268 g/mol. The average molecular weight is 280 g/mol. The van der Waals surface area contributed by atoms with E-state index >= 15 is 0 Å². The topological polar surface area (TPSA) is 125 Å². The van der Waals surface area contributed by atoms with Gasteiger partial charge in [0, 0.05) is 5.56 Å². The largest absolute Gasteiger partial charge is 0.482 e. The smallest absolute Gasteiger partial charge is 0.334 e. The van der Waals surface area contributed by atoms with E-state index in [1.54, 1.807) is 0 Å². The summed E-state index contributed by atoms with van der Waals surface area (Å²) in [6.07, 6.45) is -1.66. The van der Waals surface area contributed by atoms with Gasteiger partial charge in [-0.3, -0.25) is 9.59 Å². The lowest BCUT2D eigenvalue weighted by molar-refractivity contribution is -0.146. The summed E-state index contributed by atoms with van der Waals surface area (Å²) in [5, 5.41) is 22.4. The summed E-state index contributed by atoms with van der Waals surface area (Å²) in [6.45, 7) is -0.529. The Labute approximate surface area is 113 Å². The highest BCUT2D eigenvalue weighted by molar-refractivity contribution is 5.99. The molecule has 1 aliphatic heterocycles. The molecule has 0 fully saturated rings. The molecule has 1 aliphatic rings. The van der Waals surface area contributed by atoms with Crippen molar-refractivity contribution in [1.82, 2.24) is 5.32 Å². The zero-order valence-electron chi connectivity index (χ0n) is 10.3. The summed E-state index contributed by atoms with van der Waals surface area (Å²) in [6, 6.07) is 4.39. The first-order valence-electron chi connectivity index (χ1n) is 5.73. The van der Waals surface area contributed by atoms with Gasteiger partial charge in [0.05, 0.1) is 12.2 Å². The number of ether oxygens (including phenoxy) is 1. The Kier molecular flexibility index (Phi) is 3.85. The minimum absolute atomic E-state index is 0.129. The maximum absolute atomic E-state index is 11.8. The molecule has 2 rings (SSSR count). The van der Waals surface area contributed by atoms with Crippen LogP contribution >= 0.6 is 0 Å². The number of nitrogens with one attached hydrogen (secondary N) is 2. The van der Waals surface area contributed by atoms with Crippen molar-refractivity contribution in [1.29, 1.82) is 0 Å². The fraction of sp³-hybridized carbons (Fsp3) is 0.250. The number of aliphatic carboxylic acids is 1. The number of aliphatic hydroxyl groups is 1. The van der Waals surface area contributed by atoms with Gasteiger partial charge in [0.15, 0.2) is 12.7 Å². The van der Waals surface area contributed by atoms with Crippen LogP contribution in [0.2, 0.25) is 0 Å². The Morgan fingerprint density at radius 3 is 2.90 bits per heavy atom. The molecule has 0 spiro atoms. The number of hydrogen-bond donors (Lipinski definition) is 4.